The molecule has 0 aliphatic carbocycles. The van der Waals surface area contributed by atoms with Gasteiger partial charge in [0, 0.05) is 18.2 Å². The maximum atomic E-state index is 12.1. The van der Waals surface area contributed by atoms with Crippen LogP contribution in [-0.4, -0.2) is 43.7 Å². The summed E-state index contributed by atoms with van der Waals surface area (Å²) in [6.45, 7) is 3.25. The number of hydrogen-bond donors (Lipinski definition) is 1. The number of carbonyl (C=O) groups is 1. The molecule has 2 rings (SSSR count). The lowest BCUT2D eigenvalue weighted by molar-refractivity contribution is -0.131. The normalized spacial score (nSPS) is 19.2. The van der Waals surface area contributed by atoms with Gasteiger partial charge in [0.25, 0.3) is 5.91 Å². The molecule has 2 atom stereocenters. The second-order valence-electron chi connectivity index (χ2n) is 5.31. The molecule has 0 bridgehead atoms. The fourth-order valence-electron chi connectivity index (χ4n) is 2.20. The highest BCUT2D eigenvalue weighted by Crippen LogP contribution is 2.16. The predicted molar refractivity (Wildman–Crippen MR) is 84.4 cm³/mol. The van der Waals surface area contributed by atoms with E-state index in [1.54, 1.807) is 13.8 Å². The first kappa shape index (κ1) is 16.5. The van der Waals surface area contributed by atoms with E-state index in [-0.39, 0.29) is 17.4 Å². The summed E-state index contributed by atoms with van der Waals surface area (Å²) in [5, 5.41) is 6.61. The molecule has 0 saturated heterocycles. The zero-order valence-electron chi connectivity index (χ0n) is 12.7. The fraction of sp³-hybridized carbons (Fsp3) is 0.467. The van der Waals surface area contributed by atoms with E-state index >= 15 is 0 Å². The highest BCUT2D eigenvalue weighted by atomic mass is 32.2. The van der Waals surface area contributed by atoms with Crippen LogP contribution in [0.25, 0.3) is 0 Å². The number of amides is 1. The molecule has 0 unspecified atom stereocenters. The second-order valence-corrected chi connectivity index (χ2v) is 7.71. The Bertz CT molecular complexity index is 655. The molecule has 0 saturated carbocycles. The summed E-state index contributed by atoms with van der Waals surface area (Å²) in [4.78, 5) is 17.3. The molecule has 1 aliphatic rings. The molecule has 1 heterocycles. The molecule has 0 fully saturated rings. The van der Waals surface area contributed by atoms with E-state index in [0.717, 1.165) is 11.3 Å². The number of sulfone groups is 1. The molecular formula is C15H20N2O4S. The minimum Gasteiger partial charge on any atom is -0.382 e. The Morgan fingerprint density at radius 3 is 2.73 bits per heavy atom. The zero-order chi connectivity index (χ0) is 16.2. The van der Waals surface area contributed by atoms with Crippen molar-refractivity contribution in [3.05, 3.63) is 35.9 Å². The van der Waals surface area contributed by atoms with Gasteiger partial charge in [-0.3, -0.25) is 4.79 Å². The highest BCUT2D eigenvalue weighted by molar-refractivity contribution is 7.91. The predicted octanol–water partition coefficient (Wildman–Crippen LogP) is 1.12. The van der Waals surface area contributed by atoms with Gasteiger partial charge in [-0.15, -0.1) is 0 Å². The Morgan fingerprint density at radius 1 is 1.41 bits per heavy atom. The Labute approximate surface area is 130 Å². The molecule has 22 heavy (non-hydrogen) atoms. The molecule has 7 heteroatoms. The van der Waals surface area contributed by atoms with Crippen molar-refractivity contribution in [1.29, 1.82) is 0 Å². The lowest BCUT2D eigenvalue weighted by Crippen LogP contribution is -2.43. The van der Waals surface area contributed by atoms with Crippen molar-refractivity contribution >= 4 is 21.5 Å². The first-order valence-electron chi connectivity index (χ1n) is 7.20. The van der Waals surface area contributed by atoms with Crippen LogP contribution in [0.5, 0.6) is 0 Å². The lowest BCUT2D eigenvalue weighted by atomic mass is 10.0. The van der Waals surface area contributed by atoms with Crippen LogP contribution >= 0.6 is 0 Å². The minimum atomic E-state index is -3.13. The van der Waals surface area contributed by atoms with Gasteiger partial charge in [-0.2, -0.15) is 0 Å². The van der Waals surface area contributed by atoms with Crippen molar-refractivity contribution in [2.24, 2.45) is 5.16 Å². The monoisotopic (exact) mass is 324 g/mol. The van der Waals surface area contributed by atoms with E-state index in [2.05, 4.69) is 10.5 Å². The van der Waals surface area contributed by atoms with E-state index in [0.29, 0.717) is 6.42 Å². The van der Waals surface area contributed by atoms with Gasteiger partial charge in [0.2, 0.25) is 6.10 Å². The molecule has 0 spiro atoms. The standard InChI is InChI=1S/C15H20N2O4S/c1-3-22(19,20)10-11(2)16-15(18)14-9-13(17-21-14)12-7-5-4-6-8-12/h4-8,11,14H,3,9-10H2,1-2H3,(H,16,18)/t11-,14-/m1/s1. The number of benzene rings is 1. The summed E-state index contributed by atoms with van der Waals surface area (Å²) in [5.74, 6) is -0.351. The molecule has 120 valence electrons. The zero-order valence-corrected chi connectivity index (χ0v) is 13.5. The topological polar surface area (TPSA) is 84.8 Å². The van der Waals surface area contributed by atoms with Gasteiger partial charge >= 0.3 is 0 Å². The highest BCUT2D eigenvalue weighted by Gasteiger charge is 2.30. The first-order valence-corrected chi connectivity index (χ1v) is 9.02. The minimum absolute atomic E-state index is 0.0639. The first-order chi connectivity index (χ1) is 10.4. The number of nitrogens with zero attached hydrogens (tertiary/aromatic N) is 1. The van der Waals surface area contributed by atoms with Gasteiger partial charge in [0.1, 0.15) is 0 Å². The molecule has 1 aliphatic heterocycles. The van der Waals surface area contributed by atoms with Crippen LogP contribution in [0.1, 0.15) is 25.8 Å². The SMILES string of the molecule is CCS(=O)(=O)C[C@@H](C)NC(=O)[C@H]1CC(c2ccccc2)=NO1. The van der Waals surface area contributed by atoms with Crippen molar-refractivity contribution < 1.29 is 18.0 Å². The molecule has 6 nitrogen and oxygen atoms in total. The number of hydrogen-bond acceptors (Lipinski definition) is 5. The van der Waals surface area contributed by atoms with E-state index in [9.17, 15) is 13.2 Å². The van der Waals surface area contributed by atoms with Gasteiger partial charge in [-0.1, -0.05) is 42.4 Å². The van der Waals surface area contributed by atoms with Crippen LogP contribution in [0.2, 0.25) is 0 Å². The molecule has 1 aromatic carbocycles. The van der Waals surface area contributed by atoms with Crippen molar-refractivity contribution in [1.82, 2.24) is 5.32 Å². The van der Waals surface area contributed by atoms with E-state index < -0.39 is 22.0 Å². The molecule has 1 amide bonds. The van der Waals surface area contributed by atoms with Crippen molar-refractivity contribution in [2.45, 2.75) is 32.4 Å². The summed E-state index contributed by atoms with van der Waals surface area (Å²) in [6.07, 6.45) is -0.328. The summed E-state index contributed by atoms with van der Waals surface area (Å²) >= 11 is 0. The molecule has 0 radical (unpaired) electrons. The van der Waals surface area contributed by atoms with Gasteiger partial charge in [0.15, 0.2) is 9.84 Å². The number of nitrogens with one attached hydrogen (secondary N) is 1. The van der Waals surface area contributed by atoms with Crippen molar-refractivity contribution in [3.8, 4) is 0 Å². The summed E-state index contributed by atoms with van der Waals surface area (Å²) in [6, 6.07) is 9.03. The van der Waals surface area contributed by atoms with Crippen LogP contribution in [0.15, 0.2) is 35.5 Å². The summed E-state index contributed by atoms with van der Waals surface area (Å²) in [7, 11) is -3.13. The maximum absolute atomic E-state index is 12.1. The Balaban J connectivity index is 1.88. The number of oxime groups is 1. The van der Waals surface area contributed by atoms with Crippen LogP contribution in [0, 0.1) is 0 Å². The fourth-order valence-corrected chi connectivity index (χ4v) is 3.28. The molecular weight excluding hydrogens is 304 g/mol. The van der Waals surface area contributed by atoms with Crippen LogP contribution in [0.3, 0.4) is 0 Å². The van der Waals surface area contributed by atoms with E-state index in [1.807, 2.05) is 30.3 Å². The Hall–Kier alpha value is -1.89. The van der Waals surface area contributed by atoms with Crippen LogP contribution < -0.4 is 5.32 Å². The van der Waals surface area contributed by atoms with Gasteiger partial charge < -0.3 is 10.2 Å². The Morgan fingerprint density at radius 2 is 2.09 bits per heavy atom. The van der Waals surface area contributed by atoms with Crippen molar-refractivity contribution in [2.75, 3.05) is 11.5 Å². The summed E-state index contributed by atoms with van der Waals surface area (Å²) < 4.78 is 23.1. The lowest BCUT2D eigenvalue weighted by Gasteiger charge is -2.15. The Kier molecular flexibility index (Phi) is 5.18. The molecule has 1 N–H and O–H groups in total. The average Bonchev–Trinajstić information content (AvgIpc) is 2.97. The van der Waals surface area contributed by atoms with Gasteiger partial charge in [0.05, 0.1) is 11.5 Å². The third kappa shape index (κ3) is 4.30. The largest absolute Gasteiger partial charge is 0.382 e. The van der Waals surface area contributed by atoms with Crippen molar-refractivity contribution in [3.63, 3.8) is 0 Å². The smallest absolute Gasteiger partial charge is 0.264 e. The number of carbonyl (C=O) groups excluding carboxylic acids is 1. The quantitative estimate of drug-likeness (QED) is 0.850. The summed E-state index contributed by atoms with van der Waals surface area (Å²) in [5.41, 5.74) is 1.63. The average molecular weight is 324 g/mol. The van der Waals surface area contributed by atoms with Gasteiger partial charge in [-0.25, -0.2) is 8.42 Å². The third-order valence-electron chi connectivity index (χ3n) is 3.40. The number of rotatable bonds is 6. The second kappa shape index (κ2) is 6.91. The van der Waals surface area contributed by atoms with Crippen LogP contribution in [-0.2, 0) is 19.5 Å². The third-order valence-corrected chi connectivity index (χ3v) is 5.29. The molecule has 0 aromatic heterocycles. The molecule has 1 aromatic rings. The van der Waals surface area contributed by atoms with Crippen LogP contribution in [0.4, 0.5) is 0 Å². The van der Waals surface area contributed by atoms with E-state index in [4.69, 9.17) is 4.84 Å². The van der Waals surface area contributed by atoms with E-state index in [1.165, 1.54) is 0 Å². The van der Waals surface area contributed by atoms with Gasteiger partial charge in [-0.05, 0) is 12.5 Å². The maximum Gasteiger partial charge on any atom is 0.264 e.